The molecule has 5 aliphatic rings. The van der Waals surface area contributed by atoms with Gasteiger partial charge in [-0.1, -0.05) is 6.92 Å². The Hall–Kier alpha value is -2.95. The van der Waals surface area contributed by atoms with Gasteiger partial charge in [-0.25, -0.2) is 0 Å². The first-order valence-electron chi connectivity index (χ1n) is 31.1. The summed E-state index contributed by atoms with van der Waals surface area (Å²) in [7, 11) is 4.86. The molecule has 0 aromatic carbocycles. The summed E-state index contributed by atoms with van der Waals surface area (Å²) in [6.45, 7) is 26.3. The van der Waals surface area contributed by atoms with Crippen molar-refractivity contribution in [2.24, 2.45) is 40.9 Å². The molecule has 2 bridgehead atoms. The van der Waals surface area contributed by atoms with E-state index in [4.69, 9.17) is 37.9 Å². The van der Waals surface area contributed by atoms with Crippen LogP contribution in [0.3, 0.4) is 0 Å². The molecule has 0 unspecified atom stereocenters. The van der Waals surface area contributed by atoms with E-state index in [0.717, 1.165) is 27.7 Å². The summed E-state index contributed by atoms with van der Waals surface area (Å²) in [5.41, 5.74) is 0.925. The number of carbonyl (C=O) groups is 6. The molecule has 1 N–H and O–H groups in total. The number of ether oxygens (including phenoxy) is 8. The van der Waals surface area contributed by atoms with Gasteiger partial charge in [-0.05, 0) is 47.0 Å². The summed E-state index contributed by atoms with van der Waals surface area (Å²) in [5, 5.41) is 12.2. The van der Waals surface area contributed by atoms with Crippen molar-refractivity contribution in [1.82, 2.24) is 4.90 Å². The Labute approximate surface area is 505 Å². The van der Waals surface area contributed by atoms with Crippen LogP contribution in [0.2, 0.25) is 12.1 Å². The van der Waals surface area contributed by atoms with Gasteiger partial charge >= 0.3 is 326 Å². The van der Waals surface area contributed by atoms with Crippen molar-refractivity contribution < 1.29 is 71.8 Å². The number of hydrogen-bond acceptors (Lipinski definition) is 15. The molecular weight excluding hydrogens is 1190 g/mol. The Morgan fingerprint density at radius 1 is 0.831 bits per heavy atom. The van der Waals surface area contributed by atoms with Gasteiger partial charge < -0.3 is 33.5 Å². The normalized spacial score (nSPS) is 36.8. The van der Waals surface area contributed by atoms with E-state index in [-0.39, 0.29) is 71.8 Å². The predicted molar refractivity (Wildman–Crippen MR) is 334 cm³/mol. The zero-order valence-corrected chi connectivity index (χ0v) is 56.7. The Morgan fingerprint density at radius 2 is 1.52 bits per heavy atom. The molecule has 1 amide bonds. The first-order chi connectivity index (χ1) is 39.2. The van der Waals surface area contributed by atoms with E-state index in [0.29, 0.717) is 64.2 Å². The Bertz CT molecular complexity index is 2310. The number of esters is 2. The van der Waals surface area contributed by atoms with Gasteiger partial charge in [0.05, 0.1) is 25.4 Å². The molecule has 18 heteroatoms. The van der Waals surface area contributed by atoms with Crippen molar-refractivity contribution in [2.75, 3.05) is 45.5 Å². The van der Waals surface area contributed by atoms with Gasteiger partial charge in [0, 0.05) is 26.6 Å². The summed E-state index contributed by atoms with van der Waals surface area (Å²) < 4.78 is 49.8. The number of halogens is 1. The number of rotatable bonds is 13. The van der Waals surface area contributed by atoms with Crippen LogP contribution < -0.4 is 0 Å². The standard InChI is InChI=1S/C65H106INO15Si/c1-17-66(83(18-2)19-3)56-45(8)34-43(6)51(68)38-54(44(7)35-48-29-31-52(55(36-48)76-15)81-62(73)64(13)39-78-63(11,12)79-40-64)80-61(72)50-27-23-24-32-67(50)60(71)59(70)65(74)47(10)28-30-49(82-65)37-53(75-14)42(5)26-22-20-21-25-41(4)33-46(9)57(69)58(56)77-16/h20-22,25-26,34,41,43-44,46-50,52-56,58,74,83H,17-19,23-24,27-33,35-40H2,1-16H3/b22-20+,25-21+,42-26+,45-34+/t41-,43-,44-,46-,47-,48+,49+,50+,52-,53+,54+,55-,56-,58-,65-/m1/s1. The molecular formula is C65H106INO15Si. The molecule has 83 heavy (non-hydrogen) atoms. The molecule has 16 nitrogen and oxygen atoms in total. The second-order valence-corrected chi connectivity index (χ2v) is 42.8. The fraction of sp³-hybridized carbons (Fsp3) is 0.785. The van der Waals surface area contributed by atoms with Crippen molar-refractivity contribution in [1.29, 1.82) is 0 Å². The van der Waals surface area contributed by atoms with Crippen LogP contribution in [0.25, 0.3) is 0 Å². The van der Waals surface area contributed by atoms with Gasteiger partial charge in [0.15, 0.2) is 5.79 Å². The number of alkyl halides is 2. The van der Waals surface area contributed by atoms with Crippen LogP contribution in [0.15, 0.2) is 47.6 Å². The van der Waals surface area contributed by atoms with Crippen molar-refractivity contribution in [3.05, 3.63) is 47.6 Å². The minimum absolute atomic E-state index is 0.0467. The summed E-state index contributed by atoms with van der Waals surface area (Å²) in [6, 6.07) is 1.10. The van der Waals surface area contributed by atoms with Crippen molar-refractivity contribution in [3.8, 4) is 0 Å². The molecule has 4 heterocycles. The van der Waals surface area contributed by atoms with Crippen LogP contribution >= 0.6 is 19.0 Å². The maximum atomic E-state index is 15.0. The fourth-order valence-electron chi connectivity index (χ4n) is 13.0. The fourth-order valence-corrected chi connectivity index (χ4v) is 35.1. The molecule has 0 aromatic heterocycles. The SMILES string of the molecule is CC[SiH](CC)I(CC)[C@@H]1/C(C)=C/[C@@H](C)C(=O)C[C@@H]([C@H](C)C[C@@H]2CC[C@@H](OC(=O)C3(C)COC(C)(C)OC3)[C@H](OC)C2)OC(=O)[C@@H]2CCCCN2C(=O)C(=O)[C@]2(O)O[C@@H](CC[C@H]2C)C[C@H](OC)/C(C)=C/C=C/C=C/[C@@H](C)C[C@@H](C)C(=O)[C@@H]1OC. The first-order valence-corrected chi connectivity index (χ1v) is 39.7. The molecule has 0 spiro atoms. The minimum atomic E-state index is -2.44. The second kappa shape index (κ2) is 32.3. The van der Waals surface area contributed by atoms with Crippen molar-refractivity contribution in [3.63, 3.8) is 0 Å². The van der Waals surface area contributed by atoms with Crippen LogP contribution in [0.4, 0.5) is 0 Å². The number of amides is 1. The number of aliphatic hydroxyl groups is 1. The number of cyclic esters (lactones) is 1. The number of allylic oxidation sites excluding steroid dienone is 6. The number of fused-ring (bicyclic) bond motifs is 3. The van der Waals surface area contributed by atoms with Gasteiger partial charge in [-0.15, -0.1) is 0 Å². The van der Waals surface area contributed by atoms with Gasteiger partial charge in [-0.2, -0.15) is 0 Å². The summed E-state index contributed by atoms with van der Waals surface area (Å²) in [6.07, 6.45) is 12.6. The van der Waals surface area contributed by atoms with Crippen molar-refractivity contribution >= 4 is 60.5 Å². The number of methoxy groups -OCH3 is 3. The summed E-state index contributed by atoms with van der Waals surface area (Å²) in [5.74, 6) is -8.39. The van der Waals surface area contributed by atoms with E-state index in [9.17, 15) is 33.9 Å². The zero-order chi connectivity index (χ0) is 61.6. The monoisotopic (exact) mass is 1300 g/mol. The molecule has 3 saturated heterocycles. The number of hydrogen-bond donors (Lipinski definition) is 1. The number of piperidine rings is 1. The molecule has 0 aromatic rings. The van der Waals surface area contributed by atoms with E-state index in [2.05, 4.69) is 40.7 Å². The first kappa shape index (κ1) is 70.8. The van der Waals surface area contributed by atoms with Crippen LogP contribution in [-0.4, -0.2) is 155 Å². The topological polar surface area (TPSA) is 200 Å². The molecule has 15 atom stereocenters. The zero-order valence-electron chi connectivity index (χ0n) is 53.3. The molecule has 1 aliphatic carbocycles. The van der Waals surface area contributed by atoms with Gasteiger partial charge in [0.2, 0.25) is 5.79 Å². The Morgan fingerprint density at radius 3 is 2.14 bits per heavy atom. The van der Waals surface area contributed by atoms with E-state index >= 15 is 0 Å². The van der Waals surface area contributed by atoms with Gasteiger partial charge in [0.1, 0.15) is 11.5 Å². The van der Waals surface area contributed by atoms with E-state index < -0.39 is 120 Å². The third-order valence-corrected chi connectivity index (χ3v) is 42.2. The average molecular weight is 1300 g/mol. The second-order valence-electron chi connectivity index (χ2n) is 25.6. The quantitative estimate of drug-likeness (QED) is 0.0347. The van der Waals surface area contributed by atoms with E-state index in [1.54, 1.807) is 35.2 Å². The molecule has 0 radical (unpaired) electrons. The third-order valence-electron chi connectivity index (χ3n) is 18.5. The number of carbonyl (C=O) groups excluding carboxylic acids is 6. The third kappa shape index (κ3) is 18.6. The van der Waals surface area contributed by atoms with E-state index in [1.807, 2.05) is 71.9 Å². The molecule has 472 valence electrons. The van der Waals surface area contributed by atoms with Crippen LogP contribution in [0, 0.1) is 40.9 Å². The number of ketones is 3. The van der Waals surface area contributed by atoms with Gasteiger partial charge in [0.25, 0.3) is 5.78 Å². The van der Waals surface area contributed by atoms with Gasteiger partial charge in [-0.3, -0.25) is 14.4 Å². The molecule has 5 rings (SSSR count). The number of nitrogens with zero attached hydrogens (tertiary/aromatic N) is 1. The van der Waals surface area contributed by atoms with Crippen molar-refractivity contribution in [2.45, 2.75) is 237 Å². The Kier molecular flexibility index (Phi) is 27.6. The van der Waals surface area contributed by atoms with E-state index in [1.165, 1.54) is 4.90 Å². The summed E-state index contributed by atoms with van der Waals surface area (Å²) in [4.78, 5) is 88.7. The van der Waals surface area contributed by atoms with Crippen LogP contribution in [-0.2, 0) is 66.7 Å². The molecule has 4 fully saturated rings. The Balaban J connectivity index is 1.52. The van der Waals surface area contributed by atoms with Crippen LogP contribution in [0.1, 0.15) is 167 Å². The average Bonchev–Trinajstić information content (AvgIpc) is 3.53. The summed E-state index contributed by atoms with van der Waals surface area (Å²) >= 11 is -1.88. The maximum absolute atomic E-state index is 15.0. The number of Topliss-reactive ketones (excluding diaryl/α,β-unsaturated/α-hetero) is 3. The predicted octanol–water partition coefficient (Wildman–Crippen LogP) is 10.8. The molecule has 1 saturated carbocycles. The van der Waals surface area contributed by atoms with Crippen LogP contribution in [0.5, 0.6) is 0 Å². The molecule has 4 aliphatic heterocycles.